The molecule has 0 aliphatic heterocycles. The molecule has 0 aliphatic carbocycles. The summed E-state index contributed by atoms with van der Waals surface area (Å²) in [4.78, 5) is 10.8. The number of hydrogen-bond donors (Lipinski definition) is 1. The number of rotatable bonds is 2. The van der Waals surface area contributed by atoms with Crippen LogP contribution in [0.3, 0.4) is 0 Å². The molecular weight excluding hydrogens is 278 g/mol. The number of aromatic carboxylic acids is 1. The van der Waals surface area contributed by atoms with E-state index in [4.69, 9.17) is 28.3 Å². The predicted molar refractivity (Wildman–Crippen MR) is 68.8 cm³/mol. The van der Waals surface area contributed by atoms with E-state index in [1.807, 2.05) is 0 Å². The van der Waals surface area contributed by atoms with Gasteiger partial charge in [0.2, 0.25) is 0 Å². The quantitative estimate of drug-likeness (QED) is 0.882. The maximum Gasteiger partial charge on any atom is 0.335 e. The smallest absolute Gasteiger partial charge is 0.335 e. The van der Waals surface area contributed by atoms with Crippen LogP contribution in [0.2, 0.25) is 10.0 Å². The third-order valence-corrected chi connectivity index (χ3v) is 3.14. The van der Waals surface area contributed by atoms with E-state index in [1.165, 1.54) is 12.1 Å². The Kier molecular flexibility index (Phi) is 3.55. The van der Waals surface area contributed by atoms with Crippen LogP contribution >= 0.6 is 23.2 Å². The maximum atomic E-state index is 13.3. The molecule has 0 fully saturated rings. The van der Waals surface area contributed by atoms with E-state index >= 15 is 0 Å². The van der Waals surface area contributed by atoms with Gasteiger partial charge in [0.05, 0.1) is 15.6 Å². The Bertz CT molecular complexity index is 626. The summed E-state index contributed by atoms with van der Waals surface area (Å²) < 4.78 is 13.3. The third-order valence-electron chi connectivity index (χ3n) is 2.40. The van der Waals surface area contributed by atoms with Crippen LogP contribution in [0.15, 0.2) is 36.4 Å². The molecule has 0 saturated carbocycles. The van der Waals surface area contributed by atoms with E-state index in [0.717, 1.165) is 6.07 Å². The lowest BCUT2D eigenvalue weighted by Gasteiger charge is -2.05. The highest BCUT2D eigenvalue weighted by atomic mass is 35.5. The predicted octanol–water partition coefficient (Wildman–Crippen LogP) is 4.50. The van der Waals surface area contributed by atoms with E-state index in [9.17, 15) is 9.18 Å². The normalized spacial score (nSPS) is 10.4. The summed E-state index contributed by atoms with van der Waals surface area (Å²) in [6.45, 7) is 0. The second-order valence-electron chi connectivity index (χ2n) is 3.66. The summed E-state index contributed by atoms with van der Waals surface area (Å²) in [5, 5.41) is 9.58. The standard InChI is InChI=1S/C13H7Cl2FO2/c14-11-2-1-7(6-12(11)15)8-3-9(13(17)18)5-10(16)4-8/h1-6H,(H,17,18). The van der Waals surface area contributed by atoms with Crippen molar-refractivity contribution in [2.75, 3.05) is 0 Å². The van der Waals surface area contributed by atoms with Gasteiger partial charge in [0.15, 0.2) is 0 Å². The van der Waals surface area contributed by atoms with Crippen LogP contribution in [0.1, 0.15) is 10.4 Å². The van der Waals surface area contributed by atoms with Gasteiger partial charge < -0.3 is 5.11 Å². The largest absolute Gasteiger partial charge is 0.478 e. The molecule has 2 nitrogen and oxygen atoms in total. The van der Waals surface area contributed by atoms with Gasteiger partial charge in [-0.3, -0.25) is 0 Å². The lowest BCUT2D eigenvalue weighted by atomic mass is 10.0. The molecule has 2 aromatic carbocycles. The van der Waals surface area contributed by atoms with Gasteiger partial charge in [-0.25, -0.2) is 9.18 Å². The molecule has 0 atom stereocenters. The Balaban J connectivity index is 2.56. The van der Waals surface area contributed by atoms with Gasteiger partial charge >= 0.3 is 5.97 Å². The number of carboxylic acids is 1. The molecule has 0 amide bonds. The van der Waals surface area contributed by atoms with Gasteiger partial charge in [-0.05, 0) is 41.5 Å². The lowest BCUT2D eigenvalue weighted by Crippen LogP contribution is -1.97. The number of benzene rings is 2. The summed E-state index contributed by atoms with van der Waals surface area (Å²) in [5.41, 5.74) is 0.924. The summed E-state index contributed by atoms with van der Waals surface area (Å²) in [7, 11) is 0. The zero-order valence-electron chi connectivity index (χ0n) is 8.95. The molecule has 2 rings (SSSR count). The van der Waals surface area contributed by atoms with Crippen molar-refractivity contribution in [3.8, 4) is 11.1 Å². The van der Waals surface area contributed by atoms with Crippen molar-refractivity contribution in [1.82, 2.24) is 0 Å². The van der Waals surface area contributed by atoms with Crippen LogP contribution in [-0.4, -0.2) is 11.1 Å². The fraction of sp³-hybridized carbons (Fsp3) is 0. The highest BCUT2D eigenvalue weighted by Gasteiger charge is 2.09. The first-order valence-corrected chi connectivity index (χ1v) is 5.72. The Morgan fingerprint density at radius 2 is 1.72 bits per heavy atom. The van der Waals surface area contributed by atoms with Gasteiger partial charge in [0.25, 0.3) is 0 Å². The molecule has 0 aliphatic rings. The first-order valence-electron chi connectivity index (χ1n) is 4.96. The molecular formula is C13H7Cl2FO2. The number of halogens is 3. The monoisotopic (exact) mass is 284 g/mol. The average molecular weight is 285 g/mol. The van der Waals surface area contributed by atoms with E-state index in [0.29, 0.717) is 21.2 Å². The van der Waals surface area contributed by atoms with E-state index in [2.05, 4.69) is 0 Å². The molecule has 18 heavy (non-hydrogen) atoms. The van der Waals surface area contributed by atoms with Crippen LogP contribution in [0, 0.1) is 5.82 Å². The average Bonchev–Trinajstić information content (AvgIpc) is 2.31. The number of carboxylic acid groups (broad SMARTS) is 1. The topological polar surface area (TPSA) is 37.3 Å². The van der Waals surface area contributed by atoms with Crippen molar-refractivity contribution < 1.29 is 14.3 Å². The Morgan fingerprint density at radius 1 is 1.00 bits per heavy atom. The van der Waals surface area contributed by atoms with E-state index in [1.54, 1.807) is 18.2 Å². The minimum absolute atomic E-state index is 0.115. The zero-order valence-corrected chi connectivity index (χ0v) is 10.5. The van der Waals surface area contributed by atoms with Gasteiger partial charge in [0.1, 0.15) is 5.82 Å². The van der Waals surface area contributed by atoms with E-state index < -0.39 is 11.8 Å². The van der Waals surface area contributed by atoms with Crippen LogP contribution in [0.4, 0.5) is 4.39 Å². The van der Waals surface area contributed by atoms with Crippen LogP contribution in [0.25, 0.3) is 11.1 Å². The molecule has 0 bridgehead atoms. The van der Waals surface area contributed by atoms with Crippen molar-refractivity contribution in [3.63, 3.8) is 0 Å². The Morgan fingerprint density at radius 3 is 2.33 bits per heavy atom. The first kappa shape index (κ1) is 12.9. The van der Waals surface area contributed by atoms with Gasteiger partial charge in [-0.15, -0.1) is 0 Å². The molecule has 2 aromatic rings. The minimum Gasteiger partial charge on any atom is -0.478 e. The zero-order chi connectivity index (χ0) is 13.3. The Hall–Kier alpha value is -1.58. The highest BCUT2D eigenvalue weighted by Crippen LogP contribution is 2.29. The van der Waals surface area contributed by atoms with Crippen molar-refractivity contribution in [1.29, 1.82) is 0 Å². The molecule has 0 spiro atoms. The maximum absolute atomic E-state index is 13.3. The SMILES string of the molecule is O=C(O)c1cc(F)cc(-c2ccc(Cl)c(Cl)c2)c1. The van der Waals surface area contributed by atoms with Crippen LogP contribution < -0.4 is 0 Å². The van der Waals surface area contributed by atoms with Crippen molar-refractivity contribution >= 4 is 29.2 Å². The van der Waals surface area contributed by atoms with Crippen molar-refractivity contribution in [2.24, 2.45) is 0 Å². The van der Waals surface area contributed by atoms with Gasteiger partial charge in [0, 0.05) is 0 Å². The molecule has 0 heterocycles. The van der Waals surface area contributed by atoms with E-state index in [-0.39, 0.29) is 5.56 Å². The second kappa shape index (κ2) is 4.96. The van der Waals surface area contributed by atoms with Gasteiger partial charge in [-0.1, -0.05) is 29.3 Å². The molecule has 0 aromatic heterocycles. The third kappa shape index (κ3) is 2.63. The molecule has 1 N–H and O–H groups in total. The molecule has 0 unspecified atom stereocenters. The molecule has 5 heteroatoms. The molecule has 92 valence electrons. The summed E-state index contributed by atoms with van der Waals surface area (Å²) in [6, 6.07) is 8.36. The van der Waals surface area contributed by atoms with Crippen molar-refractivity contribution in [2.45, 2.75) is 0 Å². The Labute approximate surface area is 113 Å². The summed E-state index contributed by atoms with van der Waals surface area (Å²) in [5.74, 6) is -1.80. The van der Waals surface area contributed by atoms with Crippen LogP contribution in [0.5, 0.6) is 0 Å². The second-order valence-corrected chi connectivity index (χ2v) is 4.48. The molecule has 0 saturated heterocycles. The highest BCUT2D eigenvalue weighted by molar-refractivity contribution is 6.42. The fourth-order valence-corrected chi connectivity index (χ4v) is 1.85. The van der Waals surface area contributed by atoms with Crippen LogP contribution in [-0.2, 0) is 0 Å². The van der Waals surface area contributed by atoms with Gasteiger partial charge in [-0.2, -0.15) is 0 Å². The number of hydrogen-bond acceptors (Lipinski definition) is 1. The lowest BCUT2D eigenvalue weighted by molar-refractivity contribution is 0.0696. The fourth-order valence-electron chi connectivity index (χ4n) is 1.56. The van der Waals surface area contributed by atoms with Crippen molar-refractivity contribution in [3.05, 3.63) is 57.8 Å². The summed E-state index contributed by atoms with van der Waals surface area (Å²) >= 11 is 11.6. The summed E-state index contributed by atoms with van der Waals surface area (Å²) in [6.07, 6.45) is 0. The minimum atomic E-state index is -1.18. The molecule has 0 radical (unpaired) electrons. The first-order chi connectivity index (χ1) is 8.47. The number of carbonyl (C=O) groups is 1.